The second-order valence-electron chi connectivity index (χ2n) is 6.45. The van der Waals surface area contributed by atoms with Crippen LogP contribution >= 0.6 is 0 Å². The first-order valence-electron chi connectivity index (χ1n) is 8.31. The van der Waals surface area contributed by atoms with Gasteiger partial charge >= 0.3 is 0 Å². The fraction of sp³-hybridized carbons (Fsp3) is 0.263. The third-order valence-electron chi connectivity index (χ3n) is 4.62. The maximum absolute atomic E-state index is 12.2. The maximum Gasteiger partial charge on any atom is 0.228 e. The van der Waals surface area contributed by atoms with Gasteiger partial charge in [0.25, 0.3) is 0 Å². The number of nitrogens with two attached hydrogens (primary N) is 1. The van der Waals surface area contributed by atoms with E-state index in [2.05, 4.69) is 15.3 Å². The van der Waals surface area contributed by atoms with Crippen LogP contribution in [0.2, 0.25) is 0 Å². The second kappa shape index (κ2) is 6.00. The molecule has 4 rings (SSSR count). The summed E-state index contributed by atoms with van der Waals surface area (Å²) in [7, 11) is 0. The van der Waals surface area contributed by atoms with Crippen LogP contribution in [0, 0.1) is 0 Å². The number of nitrogen functional groups attached to an aromatic ring is 1. The van der Waals surface area contributed by atoms with E-state index in [9.17, 15) is 4.79 Å². The molecule has 2 aromatic carbocycles. The third-order valence-corrected chi connectivity index (χ3v) is 4.62. The van der Waals surface area contributed by atoms with Crippen LogP contribution in [0.1, 0.15) is 36.6 Å². The monoisotopic (exact) mass is 320 g/mol. The van der Waals surface area contributed by atoms with Crippen LogP contribution < -0.4 is 11.1 Å². The highest BCUT2D eigenvalue weighted by molar-refractivity contribution is 5.94. The highest BCUT2D eigenvalue weighted by Gasteiger charge is 2.22. The van der Waals surface area contributed by atoms with Crippen molar-refractivity contribution < 1.29 is 4.79 Å². The highest BCUT2D eigenvalue weighted by Crippen LogP contribution is 2.35. The zero-order chi connectivity index (χ0) is 16.5. The standard InChI is InChI=1S/C19H20N4O/c20-14-6-4-12(5-7-14)10-18(24)21-15-8-9-16-17(11-15)23-19(22-16)13-2-1-3-13/h4-9,11,13H,1-3,10,20H2,(H,21,24)(H,22,23). The molecule has 0 radical (unpaired) electrons. The van der Waals surface area contributed by atoms with Crippen molar-refractivity contribution in [2.45, 2.75) is 31.6 Å². The molecule has 1 aliphatic rings. The Morgan fingerprint density at radius 2 is 2.00 bits per heavy atom. The van der Waals surface area contributed by atoms with E-state index in [1.807, 2.05) is 30.3 Å². The molecule has 4 N–H and O–H groups in total. The minimum atomic E-state index is -0.0437. The normalized spacial score (nSPS) is 14.5. The Kier molecular flexibility index (Phi) is 3.69. The summed E-state index contributed by atoms with van der Waals surface area (Å²) in [6, 6.07) is 13.2. The van der Waals surface area contributed by atoms with Gasteiger partial charge in [-0.25, -0.2) is 4.98 Å². The van der Waals surface area contributed by atoms with Crippen LogP contribution in [-0.2, 0) is 11.2 Å². The average molecular weight is 320 g/mol. The molecule has 0 aliphatic heterocycles. The number of nitrogens with one attached hydrogen (secondary N) is 2. The van der Waals surface area contributed by atoms with Crippen LogP contribution in [0.4, 0.5) is 11.4 Å². The number of rotatable bonds is 4. The molecule has 0 spiro atoms. The van der Waals surface area contributed by atoms with Gasteiger partial charge in [0.1, 0.15) is 5.82 Å². The fourth-order valence-corrected chi connectivity index (χ4v) is 3.01. The van der Waals surface area contributed by atoms with E-state index < -0.39 is 0 Å². The molecule has 1 amide bonds. The van der Waals surface area contributed by atoms with E-state index in [0.717, 1.165) is 28.1 Å². The lowest BCUT2D eigenvalue weighted by Crippen LogP contribution is -2.14. The number of anilines is 2. The lowest BCUT2D eigenvalue weighted by molar-refractivity contribution is -0.115. The van der Waals surface area contributed by atoms with Gasteiger partial charge in [0.15, 0.2) is 0 Å². The molecule has 0 bridgehead atoms. The molecular weight excluding hydrogens is 300 g/mol. The predicted molar refractivity (Wildman–Crippen MR) is 95.9 cm³/mol. The quantitative estimate of drug-likeness (QED) is 0.642. The number of aromatic nitrogens is 2. The summed E-state index contributed by atoms with van der Waals surface area (Å²) in [6.45, 7) is 0. The van der Waals surface area contributed by atoms with E-state index in [1.165, 1.54) is 19.3 Å². The van der Waals surface area contributed by atoms with Gasteiger partial charge in [-0.1, -0.05) is 18.6 Å². The van der Waals surface area contributed by atoms with Crippen molar-refractivity contribution in [3.8, 4) is 0 Å². The largest absolute Gasteiger partial charge is 0.399 e. The molecule has 24 heavy (non-hydrogen) atoms. The Labute approximate surface area is 140 Å². The minimum Gasteiger partial charge on any atom is -0.399 e. The number of imidazole rings is 1. The number of fused-ring (bicyclic) bond motifs is 1. The molecule has 1 heterocycles. The molecule has 5 heteroatoms. The van der Waals surface area contributed by atoms with E-state index in [-0.39, 0.29) is 5.91 Å². The maximum atomic E-state index is 12.2. The Hall–Kier alpha value is -2.82. The summed E-state index contributed by atoms with van der Waals surface area (Å²) in [5.41, 5.74) is 10.0. The molecule has 1 aromatic heterocycles. The van der Waals surface area contributed by atoms with Gasteiger partial charge in [0, 0.05) is 17.3 Å². The Balaban J connectivity index is 1.47. The first-order chi connectivity index (χ1) is 11.7. The molecule has 1 fully saturated rings. The van der Waals surface area contributed by atoms with Gasteiger partial charge in [-0.3, -0.25) is 4.79 Å². The van der Waals surface area contributed by atoms with Crippen molar-refractivity contribution in [3.05, 3.63) is 53.9 Å². The lowest BCUT2D eigenvalue weighted by Gasteiger charge is -2.22. The number of H-pyrrole nitrogens is 1. The van der Waals surface area contributed by atoms with Crippen LogP contribution in [0.25, 0.3) is 11.0 Å². The number of hydrogen-bond acceptors (Lipinski definition) is 3. The van der Waals surface area contributed by atoms with Crippen LogP contribution in [0.15, 0.2) is 42.5 Å². The van der Waals surface area contributed by atoms with E-state index >= 15 is 0 Å². The number of nitrogens with zero attached hydrogens (tertiary/aromatic N) is 1. The summed E-state index contributed by atoms with van der Waals surface area (Å²) < 4.78 is 0. The van der Waals surface area contributed by atoms with Gasteiger partial charge in [0.2, 0.25) is 5.91 Å². The Bertz CT molecular complexity index is 878. The number of benzene rings is 2. The zero-order valence-electron chi connectivity index (χ0n) is 13.4. The SMILES string of the molecule is Nc1ccc(CC(=O)Nc2ccc3nc(C4CCC4)[nH]c3c2)cc1. The van der Waals surface area contributed by atoms with Crippen molar-refractivity contribution >= 4 is 28.3 Å². The van der Waals surface area contributed by atoms with Crippen molar-refractivity contribution in [3.63, 3.8) is 0 Å². The second-order valence-corrected chi connectivity index (χ2v) is 6.45. The smallest absolute Gasteiger partial charge is 0.228 e. The molecule has 3 aromatic rings. The molecule has 1 aliphatic carbocycles. The molecule has 122 valence electrons. The summed E-state index contributed by atoms with van der Waals surface area (Å²) >= 11 is 0. The summed E-state index contributed by atoms with van der Waals surface area (Å²) in [5.74, 6) is 1.60. The predicted octanol–water partition coefficient (Wildman–Crippen LogP) is 3.59. The average Bonchev–Trinajstić information content (AvgIpc) is 2.90. The van der Waals surface area contributed by atoms with Gasteiger partial charge in [0.05, 0.1) is 17.5 Å². The summed E-state index contributed by atoms with van der Waals surface area (Å²) in [5, 5.41) is 2.95. The van der Waals surface area contributed by atoms with Gasteiger partial charge in [-0.15, -0.1) is 0 Å². The minimum absolute atomic E-state index is 0.0437. The first-order valence-corrected chi connectivity index (χ1v) is 8.31. The van der Waals surface area contributed by atoms with E-state index in [0.29, 0.717) is 18.0 Å². The highest BCUT2D eigenvalue weighted by atomic mass is 16.1. The van der Waals surface area contributed by atoms with Crippen LogP contribution in [0.5, 0.6) is 0 Å². The number of amides is 1. The van der Waals surface area contributed by atoms with Gasteiger partial charge in [-0.05, 0) is 48.7 Å². The number of hydrogen-bond donors (Lipinski definition) is 3. The molecule has 0 saturated heterocycles. The number of aromatic amines is 1. The Morgan fingerprint density at radius 3 is 2.71 bits per heavy atom. The molecule has 1 saturated carbocycles. The molecule has 0 atom stereocenters. The van der Waals surface area contributed by atoms with E-state index in [4.69, 9.17) is 5.73 Å². The van der Waals surface area contributed by atoms with Crippen molar-refractivity contribution in [1.29, 1.82) is 0 Å². The topological polar surface area (TPSA) is 83.8 Å². The van der Waals surface area contributed by atoms with Gasteiger partial charge in [-0.2, -0.15) is 0 Å². The third kappa shape index (κ3) is 2.97. The van der Waals surface area contributed by atoms with Crippen LogP contribution in [0.3, 0.4) is 0 Å². The van der Waals surface area contributed by atoms with E-state index in [1.54, 1.807) is 12.1 Å². The zero-order valence-corrected chi connectivity index (χ0v) is 13.4. The lowest BCUT2D eigenvalue weighted by atomic mass is 9.85. The molecular formula is C19H20N4O. The number of carbonyl (C=O) groups is 1. The van der Waals surface area contributed by atoms with Crippen molar-refractivity contribution in [1.82, 2.24) is 9.97 Å². The number of carbonyl (C=O) groups excluding carboxylic acids is 1. The fourth-order valence-electron chi connectivity index (χ4n) is 3.01. The van der Waals surface area contributed by atoms with Gasteiger partial charge < -0.3 is 16.0 Å². The first kappa shape index (κ1) is 14.8. The van der Waals surface area contributed by atoms with Crippen LogP contribution in [-0.4, -0.2) is 15.9 Å². The van der Waals surface area contributed by atoms with Crippen molar-refractivity contribution in [2.24, 2.45) is 0 Å². The molecule has 0 unspecified atom stereocenters. The Morgan fingerprint density at radius 1 is 1.21 bits per heavy atom. The summed E-state index contributed by atoms with van der Waals surface area (Å²) in [6.07, 6.45) is 4.04. The summed E-state index contributed by atoms with van der Waals surface area (Å²) in [4.78, 5) is 20.2. The molecule has 5 nitrogen and oxygen atoms in total. The van der Waals surface area contributed by atoms with Crippen molar-refractivity contribution in [2.75, 3.05) is 11.1 Å².